The molecule has 2 aromatic rings. The second-order valence-electron chi connectivity index (χ2n) is 15.1. The van der Waals surface area contributed by atoms with Gasteiger partial charge in [-0.3, -0.25) is 19.6 Å². The van der Waals surface area contributed by atoms with Crippen LogP contribution in [0.3, 0.4) is 0 Å². The van der Waals surface area contributed by atoms with E-state index in [0.29, 0.717) is 63.2 Å². The Bertz CT molecular complexity index is 1310. The van der Waals surface area contributed by atoms with E-state index in [1.807, 2.05) is 24.3 Å². The number of carbonyl (C=O) groups is 2. The average Bonchev–Trinajstić information content (AvgIpc) is 2.94. The second kappa shape index (κ2) is 17.4. The smallest absolute Gasteiger partial charge is 0.303 e. The maximum absolute atomic E-state index is 11.1. The van der Waals surface area contributed by atoms with Gasteiger partial charge in [-0.05, 0) is 52.3 Å². The van der Waals surface area contributed by atoms with Gasteiger partial charge in [0.05, 0.1) is 0 Å². The van der Waals surface area contributed by atoms with Crippen molar-refractivity contribution in [2.75, 3.05) is 26.2 Å². The number of hydrogen-bond donors (Lipinski definition) is 6. The van der Waals surface area contributed by atoms with Crippen LogP contribution in [0.15, 0.2) is 34.3 Å². The monoisotopic (exact) mass is 652 g/mol. The van der Waals surface area contributed by atoms with Crippen molar-refractivity contribution < 1.29 is 30.0 Å². The summed E-state index contributed by atoms with van der Waals surface area (Å²) in [5, 5.41) is 46.8. The van der Waals surface area contributed by atoms with Crippen molar-refractivity contribution in [3.05, 3.63) is 57.6 Å². The van der Waals surface area contributed by atoms with E-state index in [0.717, 1.165) is 22.3 Å². The van der Waals surface area contributed by atoms with Gasteiger partial charge in [0.2, 0.25) is 0 Å². The maximum atomic E-state index is 11.1. The highest BCUT2D eigenvalue weighted by atomic mass is 16.4. The molecular formula is C37H56N4O6. The number of aliphatic carboxylic acids is 2. The molecular weight excluding hydrogens is 596 g/mol. The predicted molar refractivity (Wildman–Crippen MR) is 189 cm³/mol. The summed E-state index contributed by atoms with van der Waals surface area (Å²) in [6.07, 6.45) is 4.26. The van der Waals surface area contributed by atoms with E-state index >= 15 is 0 Å². The van der Waals surface area contributed by atoms with E-state index in [-0.39, 0.29) is 40.6 Å². The SMILES string of the molecule is CC(C)(CNCc1cc(C(C)(C)C)cc(C=NCCCC(=O)O)c1O)CNCc1cc(C(C)(C)C)cc(C=NCCCC(=O)O)c1O. The van der Waals surface area contributed by atoms with Crippen molar-refractivity contribution in [1.29, 1.82) is 0 Å². The minimum atomic E-state index is -0.848. The maximum Gasteiger partial charge on any atom is 0.303 e. The highest BCUT2D eigenvalue weighted by Gasteiger charge is 2.22. The van der Waals surface area contributed by atoms with Crippen molar-refractivity contribution in [3.63, 3.8) is 0 Å². The number of phenols is 2. The molecule has 0 heterocycles. The van der Waals surface area contributed by atoms with Crippen LogP contribution >= 0.6 is 0 Å². The molecule has 2 aromatic carbocycles. The normalized spacial score (nSPS) is 12.8. The zero-order chi connectivity index (χ0) is 35.4. The van der Waals surface area contributed by atoms with Gasteiger partial charge in [0.1, 0.15) is 11.5 Å². The Hall–Kier alpha value is -3.76. The fourth-order valence-corrected chi connectivity index (χ4v) is 4.87. The van der Waals surface area contributed by atoms with Crippen LogP contribution in [0.1, 0.15) is 114 Å². The molecule has 0 aliphatic rings. The van der Waals surface area contributed by atoms with Crippen LogP contribution in [0.2, 0.25) is 0 Å². The number of nitrogens with zero attached hydrogens (tertiary/aromatic N) is 2. The van der Waals surface area contributed by atoms with Gasteiger partial charge in [-0.1, -0.05) is 67.5 Å². The van der Waals surface area contributed by atoms with Gasteiger partial charge in [0, 0.05) is 86.8 Å². The summed E-state index contributed by atoms with van der Waals surface area (Å²) in [7, 11) is 0. The molecule has 6 N–H and O–H groups in total. The largest absolute Gasteiger partial charge is 0.507 e. The summed E-state index contributed by atoms with van der Waals surface area (Å²) in [5.74, 6) is -1.36. The molecule has 0 radical (unpaired) electrons. The predicted octanol–water partition coefficient (Wildman–Crippen LogP) is 6.17. The fourth-order valence-electron chi connectivity index (χ4n) is 4.87. The number of phenolic OH excluding ortho intramolecular Hbond substituents is 2. The summed E-state index contributed by atoms with van der Waals surface area (Å²) in [6, 6.07) is 7.92. The molecule has 0 bridgehead atoms. The van der Waals surface area contributed by atoms with Gasteiger partial charge < -0.3 is 31.1 Å². The Morgan fingerprint density at radius 2 is 1.02 bits per heavy atom. The molecule has 0 unspecified atom stereocenters. The van der Waals surface area contributed by atoms with Gasteiger partial charge in [0.25, 0.3) is 0 Å². The molecule has 0 saturated carbocycles. The number of carboxylic acid groups (broad SMARTS) is 2. The molecule has 0 atom stereocenters. The summed E-state index contributed by atoms with van der Waals surface area (Å²) in [5.41, 5.74) is 4.49. The van der Waals surface area contributed by atoms with Crippen molar-refractivity contribution in [3.8, 4) is 11.5 Å². The Kier molecular flexibility index (Phi) is 14.6. The lowest BCUT2D eigenvalue weighted by molar-refractivity contribution is -0.138. The lowest BCUT2D eigenvalue weighted by Gasteiger charge is -2.27. The van der Waals surface area contributed by atoms with Gasteiger partial charge >= 0.3 is 11.9 Å². The first-order chi connectivity index (χ1) is 21.8. The topological polar surface area (TPSA) is 164 Å². The number of rotatable bonds is 18. The van der Waals surface area contributed by atoms with Crippen LogP contribution < -0.4 is 10.6 Å². The van der Waals surface area contributed by atoms with E-state index < -0.39 is 11.9 Å². The third-order valence-corrected chi connectivity index (χ3v) is 7.82. The minimum Gasteiger partial charge on any atom is -0.507 e. The van der Waals surface area contributed by atoms with Gasteiger partial charge in [0.15, 0.2) is 0 Å². The lowest BCUT2D eigenvalue weighted by atomic mass is 9.84. The summed E-state index contributed by atoms with van der Waals surface area (Å²) >= 11 is 0. The van der Waals surface area contributed by atoms with Crippen LogP contribution in [-0.4, -0.2) is 71.0 Å². The molecule has 2 rings (SSSR count). The van der Waals surface area contributed by atoms with Gasteiger partial charge in [-0.15, -0.1) is 0 Å². The van der Waals surface area contributed by atoms with Crippen molar-refractivity contribution in [2.45, 2.75) is 105 Å². The molecule has 0 aliphatic carbocycles. The molecule has 0 saturated heterocycles. The highest BCUT2D eigenvalue weighted by Crippen LogP contribution is 2.32. The van der Waals surface area contributed by atoms with Crippen LogP contribution in [-0.2, 0) is 33.5 Å². The molecule has 0 aromatic heterocycles. The highest BCUT2D eigenvalue weighted by molar-refractivity contribution is 5.85. The zero-order valence-corrected chi connectivity index (χ0v) is 29.5. The third-order valence-electron chi connectivity index (χ3n) is 7.82. The number of benzene rings is 2. The third kappa shape index (κ3) is 13.9. The van der Waals surface area contributed by atoms with Crippen LogP contribution in [0.25, 0.3) is 0 Å². The Labute approximate surface area is 280 Å². The quantitative estimate of drug-likeness (QED) is 0.0823. The first-order valence-electron chi connectivity index (χ1n) is 16.4. The molecule has 10 heteroatoms. The fraction of sp³-hybridized carbons (Fsp3) is 0.568. The number of aliphatic imine (C=N–C) groups is 2. The van der Waals surface area contributed by atoms with Crippen molar-refractivity contribution in [1.82, 2.24) is 10.6 Å². The Morgan fingerprint density at radius 3 is 1.34 bits per heavy atom. The number of carboxylic acids is 2. The second-order valence-corrected chi connectivity index (χ2v) is 15.1. The van der Waals surface area contributed by atoms with Crippen molar-refractivity contribution >= 4 is 24.4 Å². The molecule has 0 aliphatic heterocycles. The first kappa shape index (κ1) is 39.4. The molecule has 0 fully saturated rings. The molecule has 0 spiro atoms. The van der Waals surface area contributed by atoms with Gasteiger partial charge in [-0.2, -0.15) is 0 Å². The van der Waals surface area contributed by atoms with Crippen LogP contribution in [0.4, 0.5) is 0 Å². The molecule has 260 valence electrons. The van der Waals surface area contributed by atoms with E-state index in [4.69, 9.17) is 10.2 Å². The van der Waals surface area contributed by atoms with Crippen molar-refractivity contribution in [2.24, 2.45) is 15.4 Å². The van der Waals surface area contributed by atoms with E-state index in [9.17, 15) is 19.8 Å². The van der Waals surface area contributed by atoms with Crippen LogP contribution in [0, 0.1) is 5.41 Å². The minimum absolute atomic E-state index is 0.0586. The number of aromatic hydroxyl groups is 2. The summed E-state index contributed by atoms with van der Waals surface area (Å²) in [4.78, 5) is 30.3. The first-order valence-corrected chi connectivity index (χ1v) is 16.4. The van der Waals surface area contributed by atoms with Gasteiger partial charge in [-0.25, -0.2) is 0 Å². The lowest BCUT2D eigenvalue weighted by Crippen LogP contribution is -2.37. The molecule has 47 heavy (non-hydrogen) atoms. The van der Waals surface area contributed by atoms with E-state index in [1.165, 1.54) is 0 Å². The zero-order valence-electron chi connectivity index (χ0n) is 29.5. The Morgan fingerprint density at radius 1 is 0.660 bits per heavy atom. The Balaban J connectivity index is 2.09. The summed E-state index contributed by atoms with van der Waals surface area (Å²) < 4.78 is 0. The number of nitrogens with one attached hydrogen (secondary N) is 2. The van der Waals surface area contributed by atoms with Crippen LogP contribution in [0.5, 0.6) is 11.5 Å². The average molecular weight is 653 g/mol. The van der Waals surface area contributed by atoms with E-state index in [1.54, 1.807) is 12.4 Å². The standard InChI is InChI=1S/C37H56N4O6/c1-35(2,3)29-15-25(19-38-13-9-11-31(42)43)33(46)27(17-29)21-40-23-37(7,8)24-41-22-28-18-30(36(4,5)6)16-26(34(28)47)20-39-14-10-12-32(44)45/h15-20,40-41,46-47H,9-14,21-24H2,1-8H3,(H,42,43)(H,44,45). The summed E-state index contributed by atoms with van der Waals surface area (Å²) in [6.45, 7) is 20.0. The molecule has 0 amide bonds. The molecule has 10 nitrogen and oxygen atoms in total. The van der Waals surface area contributed by atoms with E-state index in [2.05, 4.69) is 76.0 Å². The number of hydrogen-bond acceptors (Lipinski definition) is 8.